The molecule has 1 heterocycles. The van der Waals surface area contributed by atoms with Crippen LogP contribution in [0.4, 0.5) is 8.78 Å². The predicted octanol–water partition coefficient (Wildman–Crippen LogP) is 4.74. The summed E-state index contributed by atoms with van der Waals surface area (Å²) in [6, 6.07) is 14.2. The summed E-state index contributed by atoms with van der Waals surface area (Å²) in [5, 5.41) is 0. The maximum atomic E-state index is 12.7. The summed E-state index contributed by atoms with van der Waals surface area (Å²) in [4.78, 5) is 24.8. The third-order valence-corrected chi connectivity index (χ3v) is 4.71. The number of aromatic nitrogens is 1. The van der Waals surface area contributed by atoms with Crippen molar-refractivity contribution in [2.75, 3.05) is 13.7 Å². The van der Waals surface area contributed by atoms with E-state index in [1.807, 2.05) is 11.5 Å². The van der Waals surface area contributed by atoms with Crippen molar-refractivity contribution in [2.45, 2.75) is 20.5 Å². The number of esters is 1. The number of hydrogen-bond acceptors (Lipinski definition) is 5. The van der Waals surface area contributed by atoms with Gasteiger partial charge in [0.15, 0.2) is 6.61 Å². The summed E-state index contributed by atoms with van der Waals surface area (Å²) in [5.41, 5.74) is 2.82. The summed E-state index contributed by atoms with van der Waals surface area (Å²) in [5.74, 6) is -0.310. The second-order valence-corrected chi connectivity index (χ2v) is 6.72. The van der Waals surface area contributed by atoms with Crippen LogP contribution >= 0.6 is 0 Å². The van der Waals surface area contributed by atoms with Gasteiger partial charge in [0.1, 0.15) is 11.5 Å². The van der Waals surface area contributed by atoms with E-state index in [1.165, 1.54) is 19.2 Å². The van der Waals surface area contributed by atoms with Crippen molar-refractivity contribution < 1.29 is 32.6 Å². The smallest absolute Gasteiger partial charge is 0.387 e. The molecule has 8 heteroatoms. The van der Waals surface area contributed by atoms with Crippen LogP contribution in [0.5, 0.6) is 11.5 Å². The molecule has 0 radical (unpaired) electrons. The zero-order valence-electron chi connectivity index (χ0n) is 17.2. The van der Waals surface area contributed by atoms with Crippen molar-refractivity contribution >= 4 is 11.8 Å². The molecule has 162 valence electrons. The van der Waals surface area contributed by atoms with Gasteiger partial charge < -0.3 is 18.8 Å². The van der Waals surface area contributed by atoms with Gasteiger partial charge in [0, 0.05) is 22.6 Å². The van der Waals surface area contributed by atoms with Gasteiger partial charge in [-0.05, 0) is 68.4 Å². The molecule has 0 aliphatic heterocycles. The third-order valence-electron chi connectivity index (χ3n) is 4.71. The zero-order chi connectivity index (χ0) is 22.5. The summed E-state index contributed by atoms with van der Waals surface area (Å²) in [6.07, 6.45) is 0. The molecule has 0 aliphatic carbocycles. The number of nitrogens with zero attached hydrogens (tertiary/aromatic N) is 1. The first-order valence-corrected chi connectivity index (χ1v) is 9.38. The Hall–Kier alpha value is -3.68. The summed E-state index contributed by atoms with van der Waals surface area (Å²) in [6.45, 7) is 0.271. The lowest BCUT2D eigenvalue weighted by Gasteiger charge is -2.11. The van der Waals surface area contributed by atoms with Gasteiger partial charge in [-0.3, -0.25) is 4.79 Å². The second-order valence-electron chi connectivity index (χ2n) is 6.72. The number of carbonyl (C=O) groups excluding carboxylic acids is 2. The first kappa shape index (κ1) is 22.0. The molecule has 0 fully saturated rings. The summed E-state index contributed by atoms with van der Waals surface area (Å²) in [7, 11) is 1.52. The monoisotopic (exact) mass is 429 g/mol. The maximum Gasteiger partial charge on any atom is 0.387 e. The number of halogens is 2. The van der Waals surface area contributed by atoms with E-state index in [0.717, 1.165) is 5.69 Å². The lowest BCUT2D eigenvalue weighted by atomic mass is 10.1. The first-order valence-electron chi connectivity index (χ1n) is 9.38. The molecule has 0 unspecified atom stereocenters. The number of carbonyl (C=O) groups is 2. The fourth-order valence-electron chi connectivity index (χ4n) is 3.24. The number of hydrogen-bond donors (Lipinski definition) is 0. The van der Waals surface area contributed by atoms with Crippen LogP contribution < -0.4 is 9.47 Å². The van der Waals surface area contributed by atoms with Crippen molar-refractivity contribution in [3.8, 4) is 17.2 Å². The molecule has 0 bridgehead atoms. The number of rotatable bonds is 8. The highest BCUT2D eigenvalue weighted by Crippen LogP contribution is 2.24. The van der Waals surface area contributed by atoms with Crippen molar-refractivity contribution in [3.05, 3.63) is 77.1 Å². The van der Waals surface area contributed by atoms with Crippen LogP contribution in [0.15, 0.2) is 54.6 Å². The highest BCUT2D eigenvalue weighted by molar-refractivity contribution is 6.00. The van der Waals surface area contributed by atoms with E-state index in [1.54, 1.807) is 49.4 Å². The minimum Gasteiger partial charge on any atom is -0.497 e. The number of Topliss-reactive ketones (excluding diaryl/α,β-unsaturated/α-hetero) is 1. The maximum absolute atomic E-state index is 12.7. The average Bonchev–Trinajstić information content (AvgIpc) is 3.06. The molecule has 0 aliphatic rings. The molecule has 0 spiro atoms. The van der Waals surface area contributed by atoms with E-state index in [2.05, 4.69) is 4.74 Å². The molecule has 0 amide bonds. The van der Waals surface area contributed by atoms with Gasteiger partial charge in [0.05, 0.1) is 12.7 Å². The van der Waals surface area contributed by atoms with E-state index in [4.69, 9.17) is 9.47 Å². The van der Waals surface area contributed by atoms with E-state index in [0.29, 0.717) is 28.3 Å². The first-order chi connectivity index (χ1) is 14.8. The minimum atomic E-state index is -2.90. The number of alkyl halides is 2. The zero-order valence-corrected chi connectivity index (χ0v) is 17.2. The molecule has 2 aromatic carbocycles. The Morgan fingerprint density at radius 2 is 1.58 bits per heavy atom. The van der Waals surface area contributed by atoms with Crippen LogP contribution in [-0.2, 0) is 4.74 Å². The van der Waals surface area contributed by atoms with E-state index >= 15 is 0 Å². The minimum absolute atomic E-state index is 0.0444. The largest absolute Gasteiger partial charge is 0.497 e. The molecule has 31 heavy (non-hydrogen) atoms. The molecule has 0 N–H and O–H groups in total. The van der Waals surface area contributed by atoms with Gasteiger partial charge in [0.25, 0.3) is 0 Å². The van der Waals surface area contributed by atoms with Gasteiger partial charge in [-0.1, -0.05) is 0 Å². The van der Waals surface area contributed by atoms with Crippen LogP contribution in [0.1, 0.15) is 32.1 Å². The lowest BCUT2D eigenvalue weighted by molar-refractivity contribution is -0.0498. The number of methoxy groups -OCH3 is 1. The molecule has 3 rings (SSSR count). The standard InChI is InChI=1S/C23H21F2NO5/c1-14-12-20(15(2)26(14)17-6-10-19(11-7-17)31-23(24)25)21(27)13-30-22(28)16-4-8-18(29-3)9-5-16/h4-12,23H,13H2,1-3H3. The Morgan fingerprint density at radius 3 is 2.16 bits per heavy atom. The van der Waals surface area contributed by atoms with Crippen LogP contribution in [0, 0.1) is 13.8 Å². The molecule has 0 saturated carbocycles. The number of aryl methyl sites for hydroxylation is 1. The van der Waals surface area contributed by atoms with Crippen molar-refractivity contribution in [3.63, 3.8) is 0 Å². The quantitative estimate of drug-likeness (QED) is 0.382. The van der Waals surface area contributed by atoms with Crippen LogP contribution in [0.25, 0.3) is 5.69 Å². The predicted molar refractivity (Wildman–Crippen MR) is 109 cm³/mol. The Balaban J connectivity index is 1.71. The third kappa shape index (κ3) is 5.09. The van der Waals surface area contributed by atoms with Crippen molar-refractivity contribution in [2.24, 2.45) is 0 Å². The molecular formula is C23H21F2NO5. The Kier molecular flexibility index (Phi) is 6.69. The Morgan fingerprint density at radius 1 is 0.968 bits per heavy atom. The fourth-order valence-corrected chi connectivity index (χ4v) is 3.24. The molecule has 1 aromatic heterocycles. The van der Waals surface area contributed by atoms with E-state index in [-0.39, 0.29) is 11.5 Å². The number of benzene rings is 2. The van der Waals surface area contributed by atoms with Gasteiger partial charge in [-0.15, -0.1) is 0 Å². The lowest BCUT2D eigenvalue weighted by Crippen LogP contribution is -2.15. The van der Waals surface area contributed by atoms with Gasteiger partial charge in [0.2, 0.25) is 5.78 Å². The second kappa shape index (κ2) is 9.42. The highest BCUT2D eigenvalue weighted by atomic mass is 19.3. The van der Waals surface area contributed by atoms with Gasteiger partial charge in [-0.2, -0.15) is 8.78 Å². The molecule has 3 aromatic rings. The van der Waals surface area contributed by atoms with Crippen LogP contribution in [0.2, 0.25) is 0 Å². The van der Waals surface area contributed by atoms with Crippen molar-refractivity contribution in [1.29, 1.82) is 0 Å². The SMILES string of the molecule is COc1ccc(C(=O)OCC(=O)c2cc(C)n(-c3ccc(OC(F)F)cc3)c2C)cc1. The van der Waals surface area contributed by atoms with E-state index < -0.39 is 19.2 Å². The van der Waals surface area contributed by atoms with E-state index in [9.17, 15) is 18.4 Å². The summed E-state index contributed by atoms with van der Waals surface area (Å²) >= 11 is 0. The van der Waals surface area contributed by atoms with Crippen LogP contribution in [-0.4, -0.2) is 36.6 Å². The Labute approximate surface area is 178 Å². The normalized spacial score (nSPS) is 10.8. The number of ketones is 1. The topological polar surface area (TPSA) is 66.8 Å². The fraction of sp³-hybridized carbons (Fsp3) is 0.217. The molecule has 6 nitrogen and oxygen atoms in total. The molecule has 0 atom stereocenters. The van der Waals surface area contributed by atoms with Gasteiger partial charge >= 0.3 is 12.6 Å². The highest BCUT2D eigenvalue weighted by Gasteiger charge is 2.19. The molecular weight excluding hydrogens is 408 g/mol. The summed E-state index contributed by atoms with van der Waals surface area (Å²) < 4.78 is 41.0. The number of ether oxygens (including phenoxy) is 3. The average molecular weight is 429 g/mol. The van der Waals surface area contributed by atoms with Crippen LogP contribution in [0.3, 0.4) is 0 Å². The Bertz CT molecular complexity index is 1070. The molecule has 0 saturated heterocycles. The van der Waals surface area contributed by atoms with Crippen molar-refractivity contribution in [1.82, 2.24) is 4.57 Å². The van der Waals surface area contributed by atoms with Gasteiger partial charge in [-0.25, -0.2) is 4.79 Å².